The summed E-state index contributed by atoms with van der Waals surface area (Å²) in [5.41, 5.74) is 1.13. The Labute approximate surface area is 107 Å². The first-order valence-corrected chi connectivity index (χ1v) is 5.94. The van der Waals surface area contributed by atoms with Gasteiger partial charge in [-0.05, 0) is 31.0 Å². The van der Waals surface area contributed by atoms with Crippen molar-refractivity contribution in [2.75, 3.05) is 20.3 Å². The summed E-state index contributed by atoms with van der Waals surface area (Å²) < 4.78 is 5.06. The maximum absolute atomic E-state index is 11.3. The number of carbonyl (C=O) groups is 1. The number of nitrogens with one attached hydrogen (secondary N) is 2. The minimum Gasteiger partial charge on any atom is -0.497 e. The van der Waals surface area contributed by atoms with Crippen molar-refractivity contribution in [3.63, 3.8) is 0 Å². The summed E-state index contributed by atoms with van der Waals surface area (Å²) in [6.45, 7) is 2.23. The fraction of sp³-hybridized carbons (Fsp3) is 0.462. The molecule has 3 N–H and O–H groups in total. The lowest BCUT2D eigenvalue weighted by Crippen LogP contribution is -2.42. The van der Waals surface area contributed by atoms with E-state index in [4.69, 9.17) is 9.84 Å². The molecule has 1 aromatic carbocycles. The Morgan fingerprint density at radius 1 is 1.39 bits per heavy atom. The van der Waals surface area contributed by atoms with Crippen molar-refractivity contribution in [1.82, 2.24) is 10.6 Å². The molecule has 1 atom stereocenters. The number of benzene rings is 1. The van der Waals surface area contributed by atoms with Crippen LogP contribution in [0.4, 0.5) is 4.79 Å². The number of rotatable bonds is 6. The molecular formula is C13H20N2O3. The molecule has 0 bridgehead atoms. The van der Waals surface area contributed by atoms with E-state index in [1.807, 2.05) is 24.3 Å². The van der Waals surface area contributed by atoms with E-state index in [-0.39, 0.29) is 18.7 Å². The molecule has 0 saturated carbocycles. The second kappa shape index (κ2) is 7.55. The zero-order valence-electron chi connectivity index (χ0n) is 10.8. The van der Waals surface area contributed by atoms with Gasteiger partial charge in [0.2, 0.25) is 0 Å². The average Bonchev–Trinajstić information content (AvgIpc) is 2.39. The molecule has 0 fully saturated rings. The third-order valence-electron chi connectivity index (χ3n) is 2.51. The minimum atomic E-state index is -0.259. The van der Waals surface area contributed by atoms with Crippen LogP contribution < -0.4 is 15.4 Å². The average molecular weight is 252 g/mol. The summed E-state index contributed by atoms with van der Waals surface area (Å²) in [7, 11) is 1.63. The first-order chi connectivity index (χ1) is 8.65. The zero-order chi connectivity index (χ0) is 13.4. The number of hydrogen-bond donors (Lipinski definition) is 3. The van der Waals surface area contributed by atoms with Gasteiger partial charge in [0, 0.05) is 6.54 Å². The second-order valence-corrected chi connectivity index (χ2v) is 4.08. The van der Waals surface area contributed by atoms with Gasteiger partial charge in [-0.3, -0.25) is 0 Å². The first-order valence-electron chi connectivity index (χ1n) is 5.94. The molecule has 1 aromatic rings. The van der Waals surface area contributed by atoms with Gasteiger partial charge in [0.05, 0.1) is 19.8 Å². The van der Waals surface area contributed by atoms with Gasteiger partial charge in [-0.25, -0.2) is 4.79 Å². The van der Waals surface area contributed by atoms with Crippen LogP contribution in [0.1, 0.15) is 12.5 Å². The lowest BCUT2D eigenvalue weighted by Gasteiger charge is -2.11. The molecule has 0 aliphatic heterocycles. The Kier molecular flexibility index (Phi) is 6.00. The molecule has 1 unspecified atom stereocenters. The third kappa shape index (κ3) is 5.05. The molecule has 1 rings (SSSR count). The van der Waals surface area contributed by atoms with Gasteiger partial charge in [0.25, 0.3) is 0 Å². The van der Waals surface area contributed by atoms with E-state index in [1.165, 1.54) is 0 Å². The number of carbonyl (C=O) groups excluding carboxylic acids is 1. The van der Waals surface area contributed by atoms with E-state index in [9.17, 15) is 4.79 Å². The number of aliphatic hydroxyl groups excluding tert-OH is 1. The number of ether oxygens (including phenoxy) is 1. The van der Waals surface area contributed by atoms with E-state index in [0.29, 0.717) is 6.54 Å². The predicted octanol–water partition coefficient (Wildman–Crippen LogP) is 0.918. The smallest absolute Gasteiger partial charge is 0.315 e. The summed E-state index contributed by atoms with van der Waals surface area (Å²) in [6, 6.07) is 7.23. The van der Waals surface area contributed by atoms with Crippen LogP contribution >= 0.6 is 0 Å². The van der Waals surface area contributed by atoms with Crippen LogP contribution in [0.3, 0.4) is 0 Å². The molecule has 0 aromatic heterocycles. The van der Waals surface area contributed by atoms with Crippen LogP contribution in [0.15, 0.2) is 24.3 Å². The quantitative estimate of drug-likeness (QED) is 0.705. The van der Waals surface area contributed by atoms with Gasteiger partial charge in [-0.2, -0.15) is 0 Å². The van der Waals surface area contributed by atoms with Crippen molar-refractivity contribution in [3.05, 3.63) is 29.8 Å². The van der Waals surface area contributed by atoms with Gasteiger partial charge >= 0.3 is 6.03 Å². The topological polar surface area (TPSA) is 70.6 Å². The molecule has 2 amide bonds. The second-order valence-electron chi connectivity index (χ2n) is 4.08. The van der Waals surface area contributed by atoms with Crippen molar-refractivity contribution < 1.29 is 14.6 Å². The lowest BCUT2D eigenvalue weighted by atomic mass is 10.1. The number of aliphatic hydroxyl groups is 1. The molecule has 100 valence electrons. The van der Waals surface area contributed by atoms with Crippen molar-refractivity contribution in [2.24, 2.45) is 0 Å². The maximum atomic E-state index is 11.3. The van der Waals surface area contributed by atoms with Crippen molar-refractivity contribution >= 4 is 6.03 Å². The number of methoxy groups -OCH3 is 1. The Balaban J connectivity index is 2.26. The van der Waals surface area contributed by atoms with E-state index < -0.39 is 0 Å². The van der Waals surface area contributed by atoms with E-state index in [0.717, 1.165) is 17.7 Å². The fourth-order valence-electron chi connectivity index (χ4n) is 1.43. The predicted molar refractivity (Wildman–Crippen MR) is 69.8 cm³/mol. The third-order valence-corrected chi connectivity index (χ3v) is 2.51. The van der Waals surface area contributed by atoms with Crippen molar-refractivity contribution in [1.29, 1.82) is 0 Å². The molecule has 5 nitrogen and oxygen atoms in total. The largest absolute Gasteiger partial charge is 0.497 e. The van der Waals surface area contributed by atoms with E-state index in [2.05, 4.69) is 10.6 Å². The van der Waals surface area contributed by atoms with Gasteiger partial charge in [-0.15, -0.1) is 0 Å². The monoisotopic (exact) mass is 252 g/mol. The van der Waals surface area contributed by atoms with Crippen LogP contribution in [0.5, 0.6) is 5.75 Å². The summed E-state index contributed by atoms with van der Waals surface area (Å²) in [5.74, 6) is 0.821. The Hall–Kier alpha value is -1.75. The minimum absolute atomic E-state index is 0.0636. The van der Waals surface area contributed by atoms with Crippen molar-refractivity contribution in [2.45, 2.75) is 19.4 Å². The van der Waals surface area contributed by atoms with E-state index >= 15 is 0 Å². The van der Waals surface area contributed by atoms with Crippen LogP contribution in [0.25, 0.3) is 0 Å². The number of amides is 2. The number of hydrogen-bond acceptors (Lipinski definition) is 3. The molecule has 18 heavy (non-hydrogen) atoms. The highest BCUT2D eigenvalue weighted by molar-refractivity contribution is 5.74. The summed E-state index contributed by atoms with van der Waals surface area (Å²) >= 11 is 0. The molecule has 0 aliphatic carbocycles. The Bertz CT molecular complexity index is 365. The standard InChI is InChI=1S/C13H20N2O3/c1-10(9-16)15-13(17)14-8-7-11-3-5-12(18-2)6-4-11/h3-6,10,16H,7-9H2,1-2H3,(H2,14,15,17). The Morgan fingerprint density at radius 2 is 2.06 bits per heavy atom. The fourth-order valence-corrected chi connectivity index (χ4v) is 1.43. The van der Waals surface area contributed by atoms with Crippen LogP contribution in [-0.2, 0) is 6.42 Å². The summed E-state index contributed by atoms with van der Waals surface area (Å²) in [6.07, 6.45) is 0.755. The van der Waals surface area contributed by atoms with Crippen LogP contribution in [-0.4, -0.2) is 37.4 Å². The first kappa shape index (κ1) is 14.3. The highest BCUT2D eigenvalue weighted by Gasteiger charge is 2.04. The maximum Gasteiger partial charge on any atom is 0.315 e. The van der Waals surface area contributed by atoms with Crippen LogP contribution in [0.2, 0.25) is 0 Å². The molecule has 0 aliphatic rings. The van der Waals surface area contributed by atoms with Gasteiger partial charge < -0.3 is 20.5 Å². The van der Waals surface area contributed by atoms with E-state index in [1.54, 1.807) is 14.0 Å². The highest BCUT2D eigenvalue weighted by Crippen LogP contribution is 2.11. The molecule has 0 radical (unpaired) electrons. The molecule has 0 heterocycles. The highest BCUT2D eigenvalue weighted by atomic mass is 16.5. The Morgan fingerprint density at radius 3 is 2.61 bits per heavy atom. The number of urea groups is 1. The van der Waals surface area contributed by atoms with Gasteiger partial charge in [0.15, 0.2) is 0 Å². The van der Waals surface area contributed by atoms with Gasteiger partial charge in [-0.1, -0.05) is 12.1 Å². The molecular weight excluding hydrogens is 232 g/mol. The lowest BCUT2D eigenvalue weighted by molar-refractivity contribution is 0.220. The zero-order valence-corrected chi connectivity index (χ0v) is 10.8. The SMILES string of the molecule is COc1ccc(CCNC(=O)NC(C)CO)cc1. The molecule has 0 spiro atoms. The van der Waals surface area contributed by atoms with Crippen molar-refractivity contribution in [3.8, 4) is 5.75 Å². The molecule has 5 heteroatoms. The molecule has 0 saturated heterocycles. The summed E-state index contributed by atoms with van der Waals surface area (Å²) in [5, 5.41) is 14.1. The van der Waals surface area contributed by atoms with Gasteiger partial charge in [0.1, 0.15) is 5.75 Å². The summed E-state index contributed by atoms with van der Waals surface area (Å²) in [4.78, 5) is 11.3. The van der Waals surface area contributed by atoms with Crippen LogP contribution in [0, 0.1) is 0 Å². The normalized spacial score (nSPS) is 11.7.